The Labute approximate surface area is 205 Å². The number of rotatable bonds is 10. The molecule has 0 aromatic heterocycles. The number of carbonyl (C=O) groups excluding carboxylic acids is 1. The highest BCUT2D eigenvalue weighted by Gasteiger charge is 2.26. The first-order valence-electron chi connectivity index (χ1n) is 11.3. The molecule has 1 amide bonds. The Hall–Kier alpha value is -3.07. The Kier molecular flexibility index (Phi) is 9.33. The van der Waals surface area contributed by atoms with Crippen molar-refractivity contribution >= 4 is 23.2 Å². The van der Waals surface area contributed by atoms with Gasteiger partial charge in [0.15, 0.2) is 16.6 Å². The van der Waals surface area contributed by atoms with Crippen molar-refractivity contribution in [2.24, 2.45) is 0 Å². The second-order valence-electron chi connectivity index (χ2n) is 8.16. The lowest BCUT2D eigenvalue weighted by atomic mass is 10.1. The third-order valence-corrected chi connectivity index (χ3v) is 6.29. The molecule has 2 N–H and O–H groups in total. The predicted molar refractivity (Wildman–Crippen MR) is 133 cm³/mol. The summed E-state index contributed by atoms with van der Waals surface area (Å²) in [4.78, 5) is 14.5. The molecule has 0 aliphatic heterocycles. The molecule has 2 aromatic carbocycles. The molecule has 1 aliphatic rings. The number of hydrogen-bond acceptors (Lipinski definition) is 5. The maximum Gasteiger partial charge on any atom is 0.239 e. The van der Waals surface area contributed by atoms with Crippen LogP contribution in [0.2, 0.25) is 0 Å². The van der Waals surface area contributed by atoms with Gasteiger partial charge >= 0.3 is 0 Å². The Morgan fingerprint density at radius 1 is 1.00 bits per heavy atom. The number of carbonyl (C=O) groups is 1. The molecule has 0 heterocycles. The van der Waals surface area contributed by atoms with Crippen LogP contribution < -0.4 is 24.8 Å². The molecule has 0 atom stereocenters. The molecule has 2 aromatic rings. The highest BCUT2D eigenvalue weighted by molar-refractivity contribution is 7.80. The zero-order chi connectivity index (χ0) is 24.5. The van der Waals surface area contributed by atoms with Gasteiger partial charge in [-0.25, -0.2) is 4.39 Å². The van der Waals surface area contributed by atoms with Crippen molar-refractivity contribution in [3.05, 3.63) is 53.3 Å². The third kappa shape index (κ3) is 6.72. The summed E-state index contributed by atoms with van der Waals surface area (Å²) in [5, 5.41) is 6.45. The normalized spacial score (nSPS) is 13.3. The van der Waals surface area contributed by atoms with Crippen LogP contribution in [-0.4, -0.2) is 49.8 Å². The summed E-state index contributed by atoms with van der Waals surface area (Å²) < 4.78 is 29.4. The van der Waals surface area contributed by atoms with E-state index in [4.69, 9.17) is 26.4 Å². The maximum absolute atomic E-state index is 13.0. The number of hydrogen-bond donors (Lipinski definition) is 2. The second kappa shape index (κ2) is 12.4. The number of thiocarbonyl (C=S) groups is 1. The Bertz CT molecular complexity index is 956. The molecule has 7 nitrogen and oxygen atoms in total. The van der Waals surface area contributed by atoms with Crippen LogP contribution in [0, 0.1) is 5.82 Å². The number of methoxy groups -OCH3 is 3. The molecule has 184 valence electrons. The minimum atomic E-state index is -0.304. The van der Waals surface area contributed by atoms with Gasteiger partial charge in [-0.1, -0.05) is 25.0 Å². The van der Waals surface area contributed by atoms with Gasteiger partial charge in [-0.2, -0.15) is 0 Å². The molecule has 0 bridgehead atoms. The van der Waals surface area contributed by atoms with E-state index in [-0.39, 0.29) is 18.3 Å². The summed E-state index contributed by atoms with van der Waals surface area (Å²) in [5.41, 5.74) is 1.79. The first-order valence-corrected chi connectivity index (χ1v) is 11.7. The van der Waals surface area contributed by atoms with E-state index in [1.165, 1.54) is 12.1 Å². The lowest BCUT2D eigenvalue weighted by molar-refractivity contribution is -0.120. The zero-order valence-corrected chi connectivity index (χ0v) is 20.7. The van der Waals surface area contributed by atoms with Crippen molar-refractivity contribution in [3.63, 3.8) is 0 Å². The minimum absolute atomic E-state index is 0.0541. The molecule has 34 heavy (non-hydrogen) atoms. The molecule has 0 saturated heterocycles. The third-order valence-electron chi connectivity index (χ3n) is 5.91. The number of benzene rings is 2. The van der Waals surface area contributed by atoms with Gasteiger partial charge in [0.1, 0.15) is 5.82 Å². The molecule has 1 saturated carbocycles. The molecule has 9 heteroatoms. The summed E-state index contributed by atoms with van der Waals surface area (Å²) in [6.07, 6.45) is 4.39. The number of nitrogens with zero attached hydrogens (tertiary/aromatic N) is 1. The van der Waals surface area contributed by atoms with Crippen LogP contribution in [0.15, 0.2) is 36.4 Å². The largest absolute Gasteiger partial charge is 0.493 e. The monoisotopic (exact) mass is 489 g/mol. The van der Waals surface area contributed by atoms with Crippen LogP contribution >= 0.6 is 12.2 Å². The first-order chi connectivity index (χ1) is 16.4. The number of halogens is 1. The SMILES string of the molecule is COc1cc(CN(C(=S)NCC(=O)NCc2ccc(F)cc2)C2CCCC2)cc(OC)c1OC. The van der Waals surface area contributed by atoms with E-state index >= 15 is 0 Å². The summed E-state index contributed by atoms with van der Waals surface area (Å²) >= 11 is 5.70. The number of amides is 1. The van der Waals surface area contributed by atoms with E-state index in [0.29, 0.717) is 41.5 Å². The summed E-state index contributed by atoms with van der Waals surface area (Å²) in [5.74, 6) is 1.22. The predicted octanol–water partition coefficient (Wildman–Crippen LogP) is 3.79. The lowest BCUT2D eigenvalue weighted by Crippen LogP contribution is -2.47. The quantitative estimate of drug-likeness (QED) is 0.492. The highest BCUT2D eigenvalue weighted by Crippen LogP contribution is 2.39. The van der Waals surface area contributed by atoms with Crippen LogP contribution in [0.1, 0.15) is 36.8 Å². The standard InChI is InChI=1S/C25H32FN3O4S/c1-31-21-12-18(13-22(32-2)24(21)33-3)16-29(20-6-4-5-7-20)25(34)28-15-23(30)27-14-17-8-10-19(26)11-9-17/h8-13,20H,4-7,14-16H2,1-3H3,(H,27,30)(H,28,34). The fourth-order valence-electron chi connectivity index (χ4n) is 4.13. The summed E-state index contributed by atoms with van der Waals surface area (Å²) in [6, 6.07) is 10.2. The molecule has 3 rings (SSSR count). The van der Waals surface area contributed by atoms with Gasteiger partial charge in [-0.3, -0.25) is 4.79 Å². The van der Waals surface area contributed by atoms with E-state index in [2.05, 4.69) is 15.5 Å². The maximum atomic E-state index is 13.0. The van der Waals surface area contributed by atoms with Crippen LogP contribution in [0.4, 0.5) is 4.39 Å². The van der Waals surface area contributed by atoms with E-state index < -0.39 is 0 Å². The van der Waals surface area contributed by atoms with Gasteiger partial charge in [0.25, 0.3) is 0 Å². The van der Waals surface area contributed by atoms with Crippen molar-refractivity contribution in [2.75, 3.05) is 27.9 Å². The molecular formula is C25H32FN3O4S. The minimum Gasteiger partial charge on any atom is -0.493 e. The summed E-state index contributed by atoms with van der Waals surface area (Å²) in [7, 11) is 4.75. The molecular weight excluding hydrogens is 457 g/mol. The van der Waals surface area contributed by atoms with E-state index in [0.717, 1.165) is 36.8 Å². The van der Waals surface area contributed by atoms with E-state index in [1.54, 1.807) is 33.5 Å². The van der Waals surface area contributed by atoms with Gasteiger partial charge in [0.05, 0.1) is 27.9 Å². The van der Waals surface area contributed by atoms with Crippen LogP contribution in [-0.2, 0) is 17.9 Å². The van der Waals surface area contributed by atoms with Gasteiger partial charge in [0, 0.05) is 19.1 Å². The van der Waals surface area contributed by atoms with Gasteiger partial charge < -0.3 is 29.7 Å². The van der Waals surface area contributed by atoms with Crippen LogP contribution in [0.3, 0.4) is 0 Å². The smallest absolute Gasteiger partial charge is 0.239 e. The zero-order valence-electron chi connectivity index (χ0n) is 19.9. The molecule has 1 aliphatic carbocycles. The summed E-state index contributed by atoms with van der Waals surface area (Å²) in [6.45, 7) is 0.925. The van der Waals surface area contributed by atoms with Gasteiger partial charge in [-0.15, -0.1) is 0 Å². The molecule has 0 radical (unpaired) electrons. The average molecular weight is 490 g/mol. The number of nitrogens with one attached hydrogen (secondary N) is 2. The highest BCUT2D eigenvalue weighted by atomic mass is 32.1. The van der Waals surface area contributed by atoms with Crippen molar-refractivity contribution in [1.29, 1.82) is 0 Å². The second-order valence-corrected chi connectivity index (χ2v) is 8.55. The van der Waals surface area contributed by atoms with E-state index in [1.807, 2.05) is 12.1 Å². The Morgan fingerprint density at radius 2 is 1.62 bits per heavy atom. The van der Waals surface area contributed by atoms with Gasteiger partial charge in [-0.05, 0) is 60.5 Å². The lowest BCUT2D eigenvalue weighted by Gasteiger charge is -2.32. The molecule has 1 fully saturated rings. The van der Waals surface area contributed by atoms with Gasteiger partial charge in [0.2, 0.25) is 11.7 Å². The Morgan fingerprint density at radius 3 is 2.18 bits per heavy atom. The first kappa shape index (κ1) is 25.6. The van der Waals surface area contributed by atoms with Crippen molar-refractivity contribution in [2.45, 2.75) is 44.8 Å². The number of ether oxygens (including phenoxy) is 3. The fraction of sp³-hybridized carbons (Fsp3) is 0.440. The van der Waals surface area contributed by atoms with Crippen molar-refractivity contribution in [1.82, 2.24) is 15.5 Å². The molecule has 0 unspecified atom stereocenters. The van der Waals surface area contributed by atoms with Crippen LogP contribution in [0.25, 0.3) is 0 Å². The molecule has 0 spiro atoms. The Balaban J connectivity index is 1.64. The fourth-order valence-corrected chi connectivity index (χ4v) is 4.41. The van der Waals surface area contributed by atoms with Crippen LogP contribution in [0.5, 0.6) is 17.2 Å². The topological polar surface area (TPSA) is 72.1 Å². The van der Waals surface area contributed by atoms with Crippen molar-refractivity contribution < 1.29 is 23.4 Å². The van der Waals surface area contributed by atoms with E-state index in [9.17, 15) is 9.18 Å². The van der Waals surface area contributed by atoms with Crippen molar-refractivity contribution in [3.8, 4) is 17.2 Å². The average Bonchev–Trinajstić information content (AvgIpc) is 3.39.